The van der Waals surface area contributed by atoms with Gasteiger partial charge in [0.2, 0.25) is 0 Å². The van der Waals surface area contributed by atoms with Crippen molar-refractivity contribution in [1.29, 1.82) is 0 Å². The number of rotatable bonds is 3. The van der Waals surface area contributed by atoms with Gasteiger partial charge in [0.05, 0.1) is 0 Å². The molecule has 0 aromatic heterocycles. The lowest BCUT2D eigenvalue weighted by Crippen LogP contribution is -2.49. The van der Waals surface area contributed by atoms with Crippen LogP contribution in [0.15, 0.2) is 0 Å². The van der Waals surface area contributed by atoms with E-state index in [2.05, 4.69) is 49.3 Å². The molecule has 24 heavy (non-hydrogen) atoms. The van der Waals surface area contributed by atoms with E-state index in [1.165, 1.54) is 77.9 Å². The van der Waals surface area contributed by atoms with Crippen molar-refractivity contribution in [3.63, 3.8) is 0 Å². The normalized spacial score (nSPS) is 28.2. The van der Waals surface area contributed by atoms with E-state index in [4.69, 9.17) is 0 Å². The quantitative estimate of drug-likeness (QED) is 0.779. The summed E-state index contributed by atoms with van der Waals surface area (Å²) in [7, 11) is 0. The summed E-state index contributed by atoms with van der Waals surface area (Å²) in [5, 5.41) is 0. The second-order valence-electron chi connectivity index (χ2n) is 10.2. The lowest BCUT2D eigenvalue weighted by atomic mass is 9.77. The van der Waals surface area contributed by atoms with Gasteiger partial charge in [0, 0.05) is 24.7 Å². The Balaban J connectivity index is 1.41. The number of hydrogen-bond acceptors (Lipinski definition) is 3. The van der Waals surface area contributed by atoms with Crippen LogP contribution in [0.25, 0.3) is 0 Å². The summed E-state index contributed by atoms with van der Waals surface area (Å²) in [6.07, 6.45) is 7.14. The first kappa shape index (κ1) is 18.7. The molecule has 0 atom stereocenters. The lowest BCUT2D eigenvalue weighted by Gasteiger charge is -2.44. The maximum Gasteiger partial charge on any atom is 0.0125 e. The molecule has 0 radical (unpaired) electrons. The average molecular weight is 336 g/mol. The van der Waals surface area contributed by atoms with Crippen LogP contribution in [0.2, 0.25) is 0 Å². The van der Waals surface area contributed by atoms with Crippen LogP contribution >= 0.6 is 0 Å². The standard InChI is InChI=1S/C21H41N3/c1-18(2)23-15-10-21(17-23)8-13-22(14-9-21)16-19-6-11-24(12-7-19)20(3,4)5/h18-19H,6-17H2,1-5H3. The predicted molar refractivity (Wildman–Crippen MR) is 103 cm³/mol. The molecule has 3 nitrogen and oxygen atoms in total. The van der Waals surface area contributed by atoms with Crippen molar-refractivity contribution in [2.75, 3.05) is 45.8 Å². The first-order valence-electron chi connectivity index (χ1n) is 10.5. The van der Waals surface area contributed by atoms with Gasteiger partial charge >= 0.3 is 0 Å². The molecule has 140 valence electrons. The Bertz CT molecular complexity index is 396. The van der Waals surface area contributed by atoms with E-state index in [0.29, 0.717) is 11.0 Å². The van der Waals surface area contributed by atoms with Crippen LogP contribution in [0.3, 0.4) is 0 Å². The summed E-state index contributed by atoms with van der Waals surface area (Å²) in [5.74, 6) is 0.938. The Hall–Kier alpha value is -0.120. The smallest absolute Gasteiger partial charge is 0.0125 e. The van der Waals surface area contributed by atoms with E-state index in [0.717, 1.165) is 12.0 Å². The van der Waals surface area contributed by atoms with Crippen molar-refractivity contribution in [3.05, 3.63) is 0 Å². The number of likely N-dealkylation sites (tertiary alicyclic amines) is 3. The summed E-state index contributed by atoms with van der Waals surface area (Å²) < 4.78 is 0. The second kappa shape index (κ2) is 7.25. The summed E-state index contributed by atoms with van der Waals surface area (Å²) in [6.45, 7) is 21.2. The van der Waals surface area contributed by atoms with Gasteiger partial charge in [-0.15, -0.1) is 0 Å². The van der Waals surface area contributed by atoms with Crippen LogP contribution in [0.4, 0.5) is 0 Å². The minimum atomic E-state index is 0.354. The Morgan fingerprint density at radius 1 is 0.917 bits per heavy atom. The third-order valence-corrected chi connectivity index (χ3v) is 7.19. The Morgan fingerprint density at radius 2 is 1.50 bits per heavy atom. The lowest BCUT2D eigenvalue weighted by molar-refractivity contribution is 0.0541. The fourth-order valence-corrected chi connectivity index (χ4v) is 5.18. The highest BCUT2D eigenvalue weighted by Crippen LogP contribution is 2.41. The van der Waals surface area contributed by atoms with Gasteiger partial charge < -0.3 is 9.80 Å². The molecule has 1 spiro atoms. The molecule has 0 saturated carbocycles. The van der Waals surface area contributed by atoms with Crippen LogP contribution in [-0.4, -0.2) is 72.1 Å². The number of nitrogens with zero attached hydrogens (tertiary/aromatic N) is 3. The molecule has 3 rings (SSSR count). The van der Waals surface area contributed by atoms with E-state index in [1.807, 2.05) is 0 Å². The second-order valence-corrected chi connectivity index (χ2v) is 10.2. The number of hydrogen-bond donors (Lipinski definition) is 0. The SMILES string of the molecule is CC(C)N1CCC2(CCN(CC3CCN(C(C)(C)C)CC3)CC2)C1. The van der Waals surface area contributed by atoms with E-state index in [-0.39, 0.29) is 0 Å². The minimum absolute atomic E-state index is 0.354. The van der Waals surface area contributed by atoms with Crippen LogP contribution in [0.1, 0.15) is 66.7 Å². The van der Waals surface area contributed by atoms with Crippen molar-refractivity contribution >= 4 is 0 Å². The van der Waals surface area contributed by atoms with Crippen LogP contribution in [0.5, 0.6) is 0 Å². The van der Waals surface area contributed by atoms with Crippen LogP contribution in [0, 0.1) is 11.3 Å². The van der Waals surface area contributed by atoms with E-state index in [9.17, 15) is 0 Å². The molecule has 0 N–H and O–H groups in total. The van der Waals surface area contributed by atoms with Crippen LogP contribution < -0.4 is 0 Å². The molecule has 3 aliphatic rings. The van der Waals surface area contributed by atoms with Gasteiger partial charge in [-0.05, 0) is 111 Å². The molecule has 3 heterocycles. The van der Waals surface area contributed by atoms with Crippen molar-refractivity contribution in [2.24, 2.45) is 11.3 Å². The predicted octanol–water partition coefficient (Wildman–Crippen LogP) is 3.69. The largest absolute Gasteiger partial charge is 0.303 e. The monoisotopic (exact) mass is 335 g/mol. The third-order valence-electron chi connectivity index (χ3n) is 7.19. The Labute approximate surface area is 150 Å². The zero-order valence-electron chi connectivity index (χ0n) is 17.0. The van der Waals surface area contributed by atoms with Gasteiger partial charge in [0.1, 0.15) is 0 Å². The van der Waals surface area contributed by atoms with Gasteiger partial charge in [0.15, 0.2) is 0 Å². The molecule has 3 saturated heterocycles. The minimum Gasteiger partial charge on any atom is -0.303 e. The molecule has 0 aromatic carbocycles. The zero-order chi connectivity index (χ0) is 17.4. The fraction of sp³-hybridized carbons (Fsp3) is 1.00. The highest BCUT2D eigenvalue weighted by molar-refractivity contribution is 4.95. The van der Waals surface area contributed by atoms with E-state index in [1.54, 1.807) is 0 Å². The molecule has 0 aromatic rings. The topological polar surface area (TPSA) is 9.72 Å². The van der Waals surface area contributed by atoms with Gasteiger partial charge in [0.25, 0.3) is 0 Å². The molecular weight excluding hydrogens is 294 g/mol. The number of piperidine rings is 2. The molecule has 3 fully saturated rings. The molecule has 0 unspecified atom stereocenters. The highest BCUT2D eigenvalue weighted by atomic mass is 15.2. The van der Waals surface area contributed by atoms with E-state index < -0.39 is 0 Å². The van der Waals surface area contributed by atoms with E-state index >= 15 is 0 Å². The van der Waals surface area contributed by atoms with Gasteiger partial charge in [-0.2, -0.15) is 0 Å². The summed E-state index contributed by atoms with van der Waals surface area (Å²) in [5.41, 5.74) is 1.02. The van der Waals surface area contributed by atoms with Crippen molar-refractivity contribution in [1.82, 2.24) is 14.7 Å². The zero-order valence-corrected chi connectivity index (χ0v) is 17.0. The Morgan fingerprint density at radius 3 is 2.00 bits per heavy atom. The average Bonchev–Trinajstić information content (AvgIpc) is 2.94. The first-order valence-corrected chi connectivity index (χ1v) is 10.5. The third kappa shape index (κ3) is 4.34. The molecular formula is C21H41N3. The first-order chi connectivity index (χ1) is 11.3. The molecule has 0 aliphatic carbocycles. The van der Waals surface area contributed by atoms with Gasteiger partial charge in [-0.3, -0.25) is 4.90 Å². The van der Waals surface area contributed by atoms with Crippen molar-refractivity contribution in [2.45, 2.75) is 78.3 Å². The summed E-state index contributed by atoms with van der Waals surface area (Å²) in [4.78, 5) is 8.17. The molecule has 3 heteroatoms. The summed E-state index contributed by atoms with van der Waals surface area (Å²) >= 11 is 0. The van der Waals surface area contributed by atoms with Gasteiger partial charge in [-0.1, -0.05) is 0 Å². The van der Waals surface area contributed by atoms with Crippen LogP contribution in [-0.2, 0) is 0 Å². The molecule has 3 aliphatic heterocycles. The molecule has 0 amide bonds. The molecule has 0 bridgehead atoms. The van der Waals surface area contributed by atoms with Gasteiger partial charge in [-0.25, -0.2) is 0 Å². The fourth-order valence-electron chi connectivity index (χ4n) is 5.18. The maximum absolute atomic E-state index is 2.79. The highest BCUT2D eigenvalue weighted by Gasteiger charge is 2.41. The Kier molecular flexibility index (Phi) is 5.64. The van der Waals surface area contributed by atoms with Crippen molar-refractivity contribution < 1.29 is 0 Å². The maximum atomic E-state index is 2.79. The summed E-state index contributed by atoms with van der Waals surface area (Å²) in [6, 6.07) is 0.732. The van der Waals surface area contributed by atoms with Crippen molar-refractivity contribution in [3.8, 4) is 0 Å².